The second-order valence-electron chi connectivity index (χ2n) is 8.46. The Labute approximate surface area is 154 Å². The third-order valence-electron chi connectivity index (χ3n) is 6.27. The number of hydrogen-bond donors (Lipinski definition) is 0. The van der Waals surface area contributed by atoms with Crippen molar-refractivity contribution in [2.45, 2.75) is 44.8 Å². The van der Waals surface area contributed by atoms with E-state index in [4.69, 9.17) is 13.7 Å². The van der Waals surface area contributed by atoms with Crippen LogP contribution in [0.3, 0.4) is 0 Å². The number of fused-ring (bicyclic) bond motifs is 5. The van der Waals surface area contributed by atoms with Gasteiger partial charge >= 0.3 is 7.12 Å². The van der Waals surface area contributed by atoms with E-state index >= 15 is 0 Å². The molecule has 2 atom stereocenters. The van der Waals surface area contributed by atoms with Crippen LogP contribution in [0, 0.1) is 5.92 Å². The third-order valence-corrected chi connectivity index (χ3v) is 6.27. The molecule has 0 amide bonds. The number of rotatable bonds is 1. The molecule has 0 N–H and O–H groups in total. The van der Waals surface area contributed by atoms with Crippen molar-refractivity contribution in [3.8, 4) is 0 Å². The van der Waals surface area contributed by atoms with Crippen molar-refractivity contribution in [1.82, 2.24) is 0 Å². The van der Waals surface area contributed by atoms with Crippen molar-refractivity contribution in [3.63, 3.8) is 0 Å². The molecule has 2 unspecified atom stereocenters. The SMILES string of the molecule is CC1(C)OB(c2ccc3c4c(oc3c2)C2C=CC=CC2C=C4)OC1(C)C. The fourth-order valence-electron chi connectivity index (χ4n) is 3.98. The molecular weight excluding hydrogens is 323 g/mol. The average molecular weight is 346 g/mol. The van der Waals surface area contributed by atoms with E-state index in [0.29, 0.717) is 5.92 Å². The summed E-state index contributed by atoms with van der Waals surface area (Å²) in [6.07, 6.45) is 13.1. The van der Waals surface area contributed by atoms with E-state index in [0.717, 1.165) is 22.2 Å². The van der Waals surface area contributed by atoms with Gasteiger partial charge in [0.25, 0.3) is 0 Å². The Morgan fingerprint density at radius 3 is 2.42 bits per heavy atom. The molecule has 1 fully saturated rings. The van der Waals surface area contributed by atoms with Gasteiger partial charge in [-0.1, -0.05) is 48.6 Å². The maximum absolute atomic E-state index is 6.32. The lowest BCUT2D eigenvalue weighted by atomic mass is 9.78. The largest absolute Gasteiger partial charge is 0.494 e. The molecule has 1 saturated heterocycles. The maximum Gasteiger partial charge on any atom is 0.494 e. The molecule has 26 heavy (non-hydrogen) atoms. The summed E-state index contributed by atoms with van der Waals surface area (Å²) in [5.41, 5.74) is 2.41. The highest BCUT2D eigenvalue weighted by Gasteiger charge is 2.51. The molecule has 0 saturated carbocycles. The van der Waals surface area contributed by atoms with Crippen molar-refractivity contribution in [2.24, 2.45) is 5.92 Å². The molecule has 4 heteroatoms. The topological polar surface area (TPSA) is 31.6 Å². The molecule has 132 valence electrons. The minimum Gasteiger partial charge on any atom is -0.460 e. The molecule has 2 heterocycles. The van der Waals surface area contributed by atoms with Gasteiger partial charge < -0.3 is 13.7 Å². The Morgan fingerprint density at radius 1 is 0.923 bits per heavy atom. The predicted octanol–water partition coefficient (Wildman–Crippen LogP) is 4.58. The summed E-state index contributed by atoms with van der Waals surface area (Å²) in [5, 5.41) is 1.15. The number of benzene rings is 1. The monoisotopic (exact) mass is 346 g/mol. The van der Waals surface area contributed by atoms with Gasteiger partial charge in [0.1, 0.15) is 11.3 Å². The molecule has 3 nitrogen and oxygen atoms in total. The second-order valence-corrected chi connectivity index (χ2v) is 8.46. The lowest BCUT2D eigenvalue weighted by Gasteiger charge is -2.32. The molecular formula is C22H23BO3. The fourth-order valence-corrected chi connectivity index (χ4v) is 3.98. The van der Waals surface area contributed by atoms with Crippen LogP contribution in [0.25, 0.3) is 17.0 Å². The van der Waals surface area contributed by atoms with Crippen LogP contribution in [0.15, 0.2) is 53.0 Å². The molecule has 1 aliphatic heterocycles. The van der Waals surface area contributed by atoms with Gasteiger partial charge in [0.05, 0.1) is 11.2 Å². The summed E-state index contributed by atoms with van der Waals surface area (Å²) in [5.74, 6) is 1.72. The first-order valence-electron chi connectivity index (χ1n) is 9.31. The van der Waals surface area contributed by atoms with Gasteiger partial charge in [-0.3, -0.25) is 0 Å². The van der Waals surface area contributed by atoms with E-state index in [1.807, 2.05) is 0 Å². The summed E-state index contributed by atoms with van der Waals surface area (Å²) in [6, 6.07) is 6.29. The molecule has 1 aromatic carbocycles. The van der Waals surface area contributed by atoms with Gasteiger partial charge in [-0.05, 0) is 39.2 Å². The summed E-state index contributed by atoms with van der Waals surface area (Å²) in [7, 11) is -0.368. The molecule has 5 rings (SSSR count). The van der Waals surface area contributed by atoms with Crippen LogP contribution in [0.5, 0.6) is 0 Å². The van der Waals surface area contributed by atoms with Crippen LogP contribution in [-0.2, 0) is 9.31 Å². The lowest BCUT2D eigenvalue weighted by Crippen LogP contribution is -2.41. The van der Waals surface area contributed by atoms with Gasteiger partial charge in [-0.15, -0.1) is 0 Å². The van der Waals surface area contributed by atoms with Crippen molar-refractivity contribution in [3.05, 3.63) is 59.9 Å². The van der Waals surface area contributed by atoms with Crippen molar-refractivity contribution < 1.29 is 13.7 Å². The molecule has 2 aromatic rings. The number of hydrogen-bond acceptors (Lipinski definition) is 3. The van der Waals surface area contributed by atoms with Crippen molar-refractivity contribution >= 4 is 29.6 Å². The number of furan rings is 1. The fraction of sp³-hybridized carbons (Fsp3) is 0.364. The Hall–Kier alpha value is -2.04. The van der Waals surface area contributed by atoms with Crippen LogP contribution >= 0.6 is 0 Å². The maximum atomic E-state index is 6.32. The summed E-state index contributed by atoms with van der Waals surface area (Å²) >= 11 is 0. The Balaban J connectivity index is 1.56. The minimum absolute atomic E-state index is 0.285. The normalized spacial score (nSPS) is 27.8. The molecule has 3 aliphatic rings. The summed E-state index contributed by atoms with van der Waals surface area (Å²) in [4.78, 5) is 0. The zero-order chi connectivity index (χ0) is 18.1. The predicted molar refractivity (Wildman–Crippen MR) is 105 cm³/mol. The van der Waals surface area contributed by atoms with Gasteiger partial charge in [-0.2, -0.15) is 0 Å². The third kappa shape index (κ3) is 2.22. The molecule has 0 radical (unpaired) electrons. The van der Waals surface area contributed by atoms with Gasteiger partial charge in [0.2, 0.25) is 0 Å². The van der Waals surface area contributed by atoms with Gasteiger partial charge in [0.15, 0.2) is 0 Å². The van der Waals surface area contributed by atoms with E-state index in [2.05, 4.69) is 82.4 Å². The van der Waals surface area contributed by atoms with Crippen LogP contribution in [0.1, 0.15) is 44.9 Å². The van der Waals surface area contributed by atoms with Crippen molar-refractivity contribution in [1.29, 1.82) is 0 Å². The summed E-state index contributed by atoms with van der Waals surface area (Å²) in [6.45, 7) is 8.30. The second kappa shape index (κ2) is 5.24. The summed E-state index contributed by atoms with van der Waals surface area (Å²) < 4.78 is 18.7. The minimum atomic E-state index is -0.368. The van der Waals surface area contributed by atoms with Crippen LogP contribution < -0.4 is 5.46 Å². The quantitative estimate of drug-likeness (QED) is 0.708. The zero-order valence-corrected chi connectivity index (χ0v) is 15.7. The first-order chi connectivity index (χ1) is 12.4. The van der Waals surface area contributed by atoms with E-state index in [1.165, 1.54) is 5.56 Å². The van der Waals surface area contributed by atoms with Gasteiger partial charge in [0, 0.05) is 22.8 Å². The highest BCUT2D eigenvalue weighted by molar-refractivity contribution is 6.62. The average Bonchev–Trinajstić information content (AvgIpc) is 3.08. The Morgan fingerprint density at radius 2 is 1.65 bits per heavy atom. The van der Waals surface area contributed by atoms with Crippen LogP contribution in [0.2, 0.25) is 0 Å². The van der Waals surface area contributed by atoms with E-state index in [-0.39, 0.29) is 24.2 Å². The van der Waals surface area contributed by atoms with E-state index in [1.54, 1.807) is 0 Å². The highest BCUT2D eigenvalue weighted by Crippen LogP contribution is 2.42. The standard InChI is InChI=1S/C22H23BO3/c1-21(2)22(3,4)26-23(25-21)15-10-12-17-18-11-9-14-7-5-6-8-16(14)20(18)24-19(17)13-15/h5-14,16H,1-4H3. The Bertz CT molecular complexity index is 961. The molecule has 2 aliphatic carbocycles. The molecule has 1 aromatic heterocycles. The van der Waals surface area contributed by atoms with Crippen LogP contribution in [0.4, 0.5) is 0 Å². The smallest absolute Gasteiger partial charge is 0.460 e. The molecule has 0 bridgehead atoms. The van der Waals surface area contributed by atoms with Crippen LogP contribution in [-0.4, -0.2) is 18.3 Å². The highest BCUT2D eigenvalue weighted by atomic mass is 16.7. The number of allylic oxidation sites excluding steroid dienone is 5. The lowest BCUT2D eigenvalue weighted by molar-refractivity contribution is 0.00578. The zero-order valence-electron chi connectivity index (χ0n) is 15.7. The van der Waals surface area contributed by atoms with E-state index in [9.17, 15) is 0 Å². The first-order valence-corrected chi connectivity index (χ1v) is 9.31. The Kier molecular flexibility index (Phi) is 3.26. The van der Waals surface area contributed by atoms with Crippen molar-refractivity contribution in [2.75, 3.05) is 0 Å². The van der Waals surface area contributed by atoms with Gasteiger partial charge in [-0.25, -0.2) is 0 Å². The first kappa shape index (κ1) is 16.2. The molecule has 0 spiro atoms. The van der Waals surface area contributed by atoms with E-state index < -0.39 is 0 Å².